The van der Waals surface area contributed by atoms with E-state index in [0.29, 0.717) is 69.4 Å². The number of amides is 4. The van der Waals surface area contributed by atoms with Crippen LogP contribution in [0.4, 0.5) is 0 Å². The van der Waals surface area contributed by atoms with Gasteiger partial charge in [0.25, 0.3) is 5.91 Å². The van der Waals surface area contributed by atoms with E-state index in [1.54, 1.807) is 16.2 Å². The third kappa shape index (κ3) is 14.8. The fraction of sp³-hybridized carbons (Fsp3) is 0.500. The number of allylic oxidation sites excluding steroid dienone is 3. The van der Waals surface area contributed by atoms with E-state index in [0.717, 1.165) is 120 Å². The molecular weight excluding hydrogens is 1020 g/mol. The van der Waals surface area contributed by atoms with Crippen LogP contribution in [0.25, 0.3) is 32.5 Å². The summed E-state index contributed by atoms with van der Waals surface area (Å²) in [6, 6.07) is 22.2. The Morgan fingerprint density at radius 1 is 0.762 bits per heavy atom. The van der Waals surface area contributed by atoms with Crippen molar-refractivity contribution in [3.63, 3.8) is 0 Å². The lowest BCUT2D eigenvalue weighted by Gasteiger charge is -2.35. The average molecular weight is 1110 g/mol. The van der Waals surface area contributed by atoms with Gasteiger partial charge in [-0.05, 0) is 116 Å². The average Bonchev–Trinajstić information content (AvgIpc) is 4.30. The predicted molar refractivity (Wildman–Crippen MR) is 316 cm³/mol. The lowest BCUT2D eigenvalue weighted by molar-refractivity contribution is -0.144. The highest BCUT2D eigenvalue weighted by Crippen LogP contribution is 2.37. The largest absolute Gasteiger partial charge is 0.380 e. The summed E-state index contributed by atoms with van der Waals surface area (Å²) in [5.41, 5.74) is 12.0. The molecule has 0 radical (unpaired) electrons. The van der Waals surface area contributed by atoms with Crippen molar-refractivity contribution in [3.8, 4) is 21.6 Å². The van der Waals surface area contributed by atoms with E-state index in [1.807, 2.05) is 83.5 Å². The molecule has 2 atom stereocenters. The summed E-state index contributed by atoms with van der Waals surface area (Å²) in [6.07, 6.45) is 12.2. The van der Waals surface area contributed by atoms with Gasteiger partial charge in [0, 0.05) is 113 Å². The van der Waals surface area contributed by atoms with Gasteiger partial charge in [-0.1, -0.05) is 93.8 Å². The van der Waals surface area contributed by atoms with Crippen molar-refractivity contribution in [2.24, 2.45) is 5.41 Å². The number of thiazole rings is 1. The number of nitrogens with zero attached hydrogens (tertiary/aromatic N) is 5. The van der Waals surface area contributed by atoms with E-state index in [2.05, 4.69) is 77.9 Å². The van der Waals surface area contributed by atoms with Gasteiger partial charge in [-0.25, -0.2) is 4.98 Å². The van der Waals surface area contributed by atoms with Crippen LogP contribution in [0.1, 0.15) is 126 Å². The van der Waals surface area contributed by atoms with Crippen LogP contribution in [0.2, 0.25) is 0 Å². The molecule has 0 bridgehead atoms. The number of aromatic nitrogens is 2. The number of aryl methyl sites for hydroxylation is 1. The molecule has 15 nitrogen and oxygen atoms in total. The smallest absolute Gasteiger partial charge is 0.252 e. The summed E-state index contributed by atoms with van der Waals surface area (Å²) in [5.74, 6) is -0.887. The molecule has 4 heterocycles. The molecule has 1 unspecified atom stereocenters. The Labute approximate surface area is 476 Å². The van der Waals surface area contributed by atoms with E-state index in [1.165, 1.54) is 18.4 Å². The molecule has 16 heteroatoms. The van der Waals surface area contributed by atoms with Gasteiger partial charge in [-0.2, -0.15) is 0 Å². The Bertz CT molecular complexity index is 3050. The number of unbranched alkanes of at least 4 members (excludes halogenated alkanes) is 1. The standard InChI is InChI=1S/C64H82N8O7S/c1-43-34-44(2)54(57(73)35-43)39-66-61(75)53-36-50(37-56-52(53)23-25-71(56)51-12-7-8-13-51)48-19-17-47(18-20-48)40-70-28-26-69(27-29-70)30-33-78-31-9-10-32-79-41-58(74)68-60(64(4,5)6)63(77)72-24-11-14-55(72)62(76)65-38-46-15-21-49(22-16-46)59-45(3)67-42-80-59/h15-23,25,34,36-37,42,51,55,60H,7-14,24,26-33,35,38-41H2,1-6H3,(H,65,76)(H,66,75)(H,68,74)/t55-,60?/m0/s1. The monoisotopic (exact) mass is 1110 g/mol. The van der Waals surface area contributed by atoms with Crippen LogP contribution in [0.15, 0.2) is 101 Å². The van der Waals surface area contributed by atoms with Crippen LogP contribution in [0.5, 0.6) is 0 Å². The van der Waals surface area contributed by atoms with Crippen molar-refractivity contribution < 1.29 is 33.4 Å². The quantitative estimate of drug-likeness (QED) is 0.0536. The summed E-state index contributed by atoms with van der Waals surface area (Å²) >= 11 is 1.60. The molecular formula is C64H82N8O7S. The van der Waals surface area contributed by atoms with Crippen molar-refractivity contribution in [1.29, 1.82) is 0 Å². The van der Waals surface area contributed by atoms with Gasteiger partial charge in [-0.15, -0.1) is 11.3 Å². The van der Waals surface area contributed by atoms with Crippen LogP contribution in [-0.2, 0) is 41.7 Å². The fourth-order valence-corrected chi connectivity index (χ4v) is 12.6. The number of carbonyl (C=O) groups excluding carboxylic acids is 5. The first-order valence-electron chi connectivity index (χ1n) is 29.0. The van der Waals surface area contributed by atoms with Crippen LogP contribution in [0, 0.1) is 12.3 Å². The van der Waals surface area contributed by atoms with E-state index in [9.17, 15) is 24.0 Å². The lowest BCUT2D eigenvalue weighted by atomic mass is 9.85. The van der Waals surface area contributed by atoms with Crippen LogP contribution >= 0.6 is 11.3 Å². The van der Waals surface area contributed by atoms with Gasteiger partial charge in [-0.3, -0.25) is 33.8 Å². The maximum Gasteiger partial charge on any atom is 0.252 e. The number of rotatable bonds is 23. The highest BCUT2D eigenvalue weighted by Gasteiger charge is 2.42. The highest BCUT2D eigenvalue weighted by atomic mass is 32.1. The molecule has 0 spiro atoms. The number of likely N-dealkylation sites (tertiary alicyclic amines) is 1. The molecule has 3 N–H and O–H groups in total. The molecule has 4 amide bonds. The van der Waals surface area contributed by atoms with Gasteiger partial charge in [0.2, 0.25) is 17.7 Å². The molecule has 80 heavy (non-hydrogen) atoms. The number of fused-ring (bicyclic) bond motifs is 1. The molecule has 3 aromatic carbocycles. The molecule has 426 valence electrons. The minimum atomic E-state index is -0.812. The Balaban J connectivity index is 0.658. The van der Waals surface area contributed by atoms with E-state index in [-0.39, 0.29) is 42.6 Å². The topological polar surface area (TPSA) is 167 Å². The maximum absolute atomic E-state index is 14.0. The predicted octanol–water partition coefficient (Wildman–Crippen LogP) is 9.59. The molecule has 2 aromatic heterocycles. The molecule has 2 saturated heterocycles. The molecule has 2 aliphatic carbocycles. The Morgan fingerprint density at radius 2 is 1.46 bits per heavy atom. The molecule has 1 saturated carbocycles. The van der Waals surface area contributed by atoms with Crippen molar-refractivity contribution >= 4 is 51.7 Å². The third-order valence-electron chi connectivity index (χ3n) is 16.4. The van der Waals surface area contributed by atoms with Gasteiger partial charge in [0.05, 0.1) is 22.7 Å². The van der Waals surface area contributed by atoms with E-state index >= 15 is 0 Å². The minimum Gasteiger partial charge on any atom is -0.380 e. The summed E-state index contributed by atoms with van der Waals surface area (Å²) in [7, 11) is 0. The van der Waals surface area contributed by atoms with E-state index in [4.69, 9.17) is 9.47 Å². The van der Waals surface area contributed by atoms with Gasteiger partial charge >= 0.3 is 0 Å². The Kier molecular flexibility index (Phi) is 19.7. The Morgan fingerprint density at radius 3 is 2.16 bits per heavy atom. The fourth-order valence-electron chi connectivity index (χ4n) is 11.8. The maximum atomic E-state index is 14.0. The second-order valence-corrected chi connectivity index (χ2v) is 24.3. The summed E-state index contributed by atoms with van der Waals surface area (Å²) < 4.78 is 14.1. The molecule has 3 fully saturated rings. The molecule has 4 aliphatic rings. The number of hydrogen-bond acceptors (Lipinski definition) is 11. The zero-order valence-electron chi connectivity index (χ0n) is 47.9. The van der Waals surface area contributed by atoms with Crippen molar-refractivity contribution in [1.82, 2.24) is 40.2 Å². The second kappa shape index (κ2) is 27.0. The van der Waals surface area contributed by atoms with Crippen molar-refractivity contribution in [3.05, 3.63) is 124 Å². The normalized spacial score (nSPS) is 18.0. The van der Waals surface area contributed by atoms with Crippen LogP contribution in [-0.4, -0.2) is 138 Å². The van der Waals surface area contributed by atoms with Gasteiger partial charge < -0.3 is 34.9 Å². The summed E-state index contributed by atoms with van der Waals surface area (Å²) in [6.45, 7) is 19.9. The number of benzene rings is 3. The SMILES string of the molecule is CC1=CC(C)=C(CNC(=O)c2cc(-c3ccc(CN4CCN(CCOCCCCOCC(=O)NC(C(=O)N5CCC[C@H]5C(=O)NCc5ccc(-c6scnc6C)cc5)C(C)(C)C)CC4)cc3)cc3c2ccn3C2CCCC2)C(=O)C1. The number of ketones is 1. The molecule has 9 rings (SSSR count). The van der Waals surface area contributed by atoms with Gasteiger partial charge in [0.15, 0.2) is 5.78 Å². The highest BCUT2D eigenvalue weighted by molar-refractivity contribution is 7.13. The lowest BCUT2D eigenvalue weighted by Crippen LogP contribution is -2.58. The molecule has 5 aromatic rings. The summed E-state index contributed by atoms with van der Waals surface area (Å²) in [4.78, 5) is 79.5. The first kappa shape index (κ1) is 58.4. The van der Waals surface area contributed by atoms with Crippen molar-refractivity contribution in [2.45, 2.75) is 131 Å². The third-order valence-corrected chi connectivity index (χ3v) is 17.4. The first-order valence-corrected chi connectivity index (χ1v) is 29.9. The van der Waals surface area contributed by atoms with Crippen LogP contribution in [0.3, 0.4) is 0 Å². The van der Waals surface area contributed by atoms with Crippen molar-refractivity contribution in [2.75, 3.05) is 72.2 Å². The second-order valence-electron chi connectivity index (χ2n) is 23.5. The van der Waals surface area contributed by atoms with Gasteiger partial charge in [0.1, 0.15) is 18.7 Å². The number of carbonyl (C=O) groups is 5. The van der Waals surface area contributed by atoms with Crippen LogP contribution < -0.4 is 16.0 Å². The zero-order valence-corrected chi connectivity index (χ0v) is 48.7. The zero-order chi connectivity index (χ0) is 56.3. The number of piperazine rings is 1. The molecule has 2 aliphatic heterocycles. The first-order chi connectivity index (χ1) is 38.6. The van der Waals surface area contributed by atoms with E-state index < -0.39 is 17.5 Å². The number of nitrogens with one attached hydrogen (secondary N) is 3. The number of hydrogen-bond donors (Lipinski definition) is 3. The minimum absolute atomic E-state index is 0.0781. The number of ether oxygens (including phenoxy) is 2. The summed E-state index contributed by atoms with van der Waals surface area (Å²) in [5, 5.41) is 10.0. The Hall–Kier alpha value is -6.30. The number of Topliss-reactive ketones (excluding diaryl/α,β-unsaturated/α-hetero) is 1.